The van der Waals surface area contributed by atoms with E-state index in [9.17, 15) is 4.79 Å². The van der Waals surface area contributed by atoms with E-state index >= 15 is 0 Å². The van der Waals surface area contributed by atoms with E-state index < -0.39 is 0 Å². The summed E-state index contributed by atoms with van der Waals surface area (Å²) in [6, 6.07) is 13.8. The summed E-state index contributed by atoms with van der Waals surface area (Å²) in [7, 11) is 2.09. The van der Waals surface area contributed by atoms with E-state index in [2.05, 4.69) is 33.5 Å². The number of nitrogens with one attached hydrogen (secondary N) is 2. The van der Waals surface area contributed by atoms with Crippen molar-refractivity contribution in [2.45, 2.75) is 12.8 Å². The van der Waals surface area contributed by atoms with Crippen LogP contribution in [0.15, 0.2) is 42.5 Å². The summed E-state index contributed by atoms with van der Waals surface area (Å²) in [5.41, 5.74) is 9.56. The molecule has 0 atom stereocenters. The zero-order chi connectivity index (χ0) is 18.1. The molecule has 3 aromatic rings. The van der Waals surface area contributed by atoms with Crippen molar-refractivity contribution in [2.24, 2.45) is 5.92 Å². The Kier molecular flexibility index (Phi) is 4.34. The molecule has 4 rings (SSSR count). The van der Waals surface area contributed by atoms with Crippen molar-refractivity contribution in [3.63, 3.8) is 0 Å². The minimum atomic E-state index is 0.0539. The number of aromatic amines is 1. The van der Waals surface area contributed by atoms with Crippen LogP contribution in [-0.4, -0.2) is 41.1 Å². The van der Waals surface area contributed by atoms with Gasteiger partial charge in [0.25, 0.3) is 0 Å². The highest BCUT2D eigenvalue weighted by Gasteiger charge is 2.24. The highest BCUT2D eigenvalue weighted by molar-refractivity contribution is 6.01. The maximum Gasteiger partial charge on any atom is 0.228 e. The molecule has 0 spiro atoms. The van der Waals surface area contributed by atoms with Crippen LogP contribution >= 0.6 is 0 Å². The van der Waals surface area contributed by atoms with E-state index in [1.165, 1.54) is 0 Å². The monoisotopic (exact) mass is 349 g/mol. The SMILES string of the molecule is CN1CCC(C(=O)Nc2n[nH]c3ccc(-c4ccc(N)cc4)cc23)CC1. The third kappa shape index (κ3) is 3.28. The van der Waals surface area contributed by atoms with E-state index in [-0.39, 0.29) is 11.8 Å². The lowest BCUT2D eigenvalue weighted by molar-refractivity contribution is -0.121. The van der Waals surface area contributed by atoms with E-state index in [1.807, 2.05) is 36.4 Å². The number of hydrogen-bond donors (Lipinski definition) is 3. The number of likely N-dealkylation sites (tertiary alicyclic amines) is 1. The van der Waals surface area contributed by atoms with Crippen LogP contribution in [-0.2, 0) is 4.79 Å². The van der Waals surface area contributed by atoms with Gasteiger partial charge in [-0.25, -0.2) is 0 Å². The van der Waals surface area contributed by atoms with Crippen LogP contribution in [0.25, 0.3) is 22.0 Å². The molecule has 2 heterocycles. The quantitative estimate of drug-likeness (QED) is 0.634. The molecular formula is C20H23N5O. The summed E-state index contributed by atoms with van der Waals surface area (Å²) in [6.45, 7) is 1.92. The summed E-state index contributed by atoms with van der Waals surface area (Å²) in [4.78, 5) is 14.9. The average molecular weight is 349 g/mol. The number of piperidine rings is 1. The zero-order valence-corrected chi connectivity index (χ0v) is 14.8. The second kappa shape index (κ2) is 6.80. The molecule has 134 valence electrons. The van der Waals surface area contributed by atoms with Crippen LogP contribution in [0.5, 0.6) is 0 Å². The van der Waals surface area contributed by atoms with Crippen molar-refractivity contribution in [1.29, 1.82) is 0 Å². The number of carbonyl (C=O) groups is 1. The molecule has 1 aromatic heterocycles. The van der Waals surface area contributed by atoms with Crippen molar-refractivity contribution in [3.8, 4) is 11.1 Å². The van der Waals surface area contributed by atoms with Crippen LogP contribution in [0, 0.1) is 5.92 Å². The van der Waals surface area contributed by atoms with Crippen LogP contribution < -0.4 is 11.1 Å². The maximum atomic E-state index is 12.6. The van der Waals surface area contributed by atoms with Crippen LogP contribution in [0.3, 0.4) is 0 Å². The van der Waals surface area contributed by atoms with Crippen LogP contribution in [0.1, 0.15) is 12.8 Å². The molecule has 2 aromatic carbocycles. The molecule has 6 heteroatoms. The van der Waals surface area contributed by atoms with Gasteiger partial charge in [0.2, 0.25) is 5.91 Å². The molecule has 0 bridgehead atoms. The Hall–Kier alpha value is -2.86. The first-order chi connectivity index (χ1) is 12.6. The van der Waals surface area contributed by atoms with E-state index in [4.69, 9.17) is 5.73 Å². The maximum absolute atomic E-state index is 12.6. The molecule has 1 aliphatic rings. The first-order valence-corrected chi connectivity index (χ1v) is 8.93. The highest BCUT2D eigenvalue weighted by Crippen LogP contribution is 2.29. The largest absolute Gasteiger partial charge is 0.399 e. The number of hydrogen-bond acceptors (Lipinski definition) is 4. The minimum Gasteiger partial charge on any atom is -0.399 e. The zero-order valence-electron chi connectivity index (χ0n) is 14.8. The summed E-state index contributed by atoms with van der Waals surface area (Å²) in [5, 5.41) is 11.2. The second-order valence-corrected chi connectivity index (χ2v) is 7.02. The predicted molar refractivity (Wildman–Crippen MR) is 105 cm³/mol. The number of carbonyl (C=O) groups excluding carboxylic acids is 1. The fraction of sp³-hybridized carbons (Fsp3) is 0.300. The van der Waals surface area contributed by atoms with Gasteiger partial charge >= 0.3 is 0 Å². The molecule has 0 aliphatic carbocycles. The molecule has 0 radical (unpaired) electrons. The number of nitrogen functional groups attached to an aromatic ring is 1. The summed E-state index contributed by atoms with van der Waals surface area (Å²) >= 11 is 0. The van der Waals surface area contributed by atoms with Gasteiger partial charge in [-0.05, 0) is 68.4 Å². The smallest absolute Gasteiger partial charge is 0.228 e. The first kappa shape index (κ1) is 16.6. The fourth-order valence-corrected chi connectivity index (χ4v) is 3.45. The molecule has 6 nitrogen and oxygen atoms in total. The molecular weight excluding hydrogens is 326 g/mol. The van der Waals surface area contributed by atoms with Gasteiger partial charge in [-0.2, -0.15) is 5.10 Å². The Labute approximate surface area is 152 Å². The number of nitrogens with zero attached hydrogens (tertiary/aromatic N) is 2. The molecule has 4 N–H and O–H groups in total. The van der Waals surface area contributed by atoms with Crippen molar-refractivity contribution in [2.75, 3.05) is 31.2 Å². The number of fused-ring (bicyclic) bond motifs is 1. The second-order valence-electron chi connectivity index (χ2n) is 7.02. The molecule has 0 unspecified atom stereocenters. The third-order valence-corrected chi connectivity index (χ3v) is 5.14. The van der Waals surface area contributed by atoms with Gasteiger partial charge < -0.3 is 16.0 Å². The normalized spacial score (nSPS) is 16.0. The Morgan fingerprint density at radius 2 is 1.85 bits per heavy atom. The van der Waals surface area contributed by atoms with Gasteiger partial charge in [-0.15, -0.1) is 0 Å². The van der Waals surface area contributed by atoms with Crippen LogP contribution in [0.4, 0.5) is 11.5 Å². The van der Waals surface area contributed by atoms with Gasteiger partial charge in [-0.1, -0.05) is 18.2 Å². The number of benzene rings is 2. The van der Waals surface area contributed by atoms with Gasteiger partial charge in [0.1, 0.15) is 0 Å². The fourth-order valence-electron chi connectivity index (χ4n) is 3.45. The third-order valence-electron chi connectivity index (χ3n) is 5.14. The minimum absolute atomic E-state index is 0.0539. The number of rotatable bonds is 3. The number of anilines is 2. The molecule has 26 heavy (non-hydrogen) atoms. The van der Waals surface area contributed by atoms with E-state index in [0.717, 1.165) is 53.6 Å². The highest BCUT2D eigenvalue weighted by atomic mass is 16.2. The van der Waals surface area contributed by atoms with Gasteiger partial charge in [0, 0.05) is 17.0 Å². The Morgan fingerprint density at radius 3 is 2.58 bits per heavy atom. The van der Waals surface area contributed by atoms with Crippen molar-refractivity contribution in [1.82, 2.24) is 15.1 Å². The Balaban J connectivity index is 1.58. The Bertz CT molecular complexity index is 923. The Morgan fingerprint density at radius 1 is 1.15 bits per heavy atom. The summed E-state index contributed by atoms with van der Waals surface area (Å²) in [5.74, 6) is 0.712. The van der Waals surface area contributed by atoms with E-state index in [0.29, 0.717) is 5.82 Å². The van der Waals surface area contributed by atoms with Gasteiger partial charge in [-0.3, -0.25) is 9.89 Å². The average Bonchev–Trinajstić information content (AvgIpc) is 3.05. The lowest BCUT2D eigenvalue weighted by atomic mass is 9.96. The van der Waals surface area contributed by atoms with Crippen molar-refractivity contribution < 1.29 is 4.79 Å². The number of H-pyrrole nitrogens is 1. The van der Waals surface area contributed by atoms with Crippen molar-refractivity contribution >= 4 is 28.3 Å². The number of aromatic nitrogens is 2. The molecule has 0 saturated carbocycles. The molecule has 1 saturated heterocycles. The van der Waals surface area contributed by atoms with Gasteiger partial charge in [0.05, 0.1) is 5.52 Å². The molecule has 1 amide bonds. The molecule has 1 aliphatic heterocycles. The summed E-state index contributed by atoms with van der Waals surface area (Å²) < 4.78 is 0. The molecule has 1 fully saturated rings. The standard InChI is InChI=1S/C20H23N5O/c1-25-10-8-14(9-11-25)20(26)22-19-17-12-15(4-7-18(17)23-24-19)13-2-5-16(21)6-3-13/h2-7,12,14H,8-11,21H2,1H3,(H2,22,23,24,26). The van der Waals surface area contributed by atoms with E-state index in [1.54, 1.807) is 0 Å². The van der Waals surface area contributed by atoms with Crippen molar-refractivity contribution in [3.05, 3.63) is 42.5 Å². The van der Waals surface area contributed by atoms with Crippen LogP contribution in [0.2, 0.25) is 0 Å². The first-order valence-electron chi connectivity index (χ1n) is 8.93. The number of amides is 1. The lowest BCUT2D eigenvalue weighted by Crippen LogP contribution is -2.36. The lowest BCUT2D eigenvalue weighted by Gasteiger charge is -2.27. The summed E-state index contributed by atoms with van der Waals surface area (Å²) in [6.07, 6.45) is 1.78. The van der Waals surface area contributed by atoms with Gasteiger partial charge in [0.15, 0.2) is 5.82 Å². The topological polar surface area (TPSA) is 87.0 Å². The number of nitrogens with two attached hydrogens (primary N) is 1. The predicted octanol–water partition coefficient (Wildman–Crippen LogP) is 3.09.